The highest BCUT2D eigenvalue weighted by Gasteiger charge is 2.16. The van der Waals surface area contributed by atoms with Gasteiger partial charge in [-0.2, -0.15) is 0 Å². The molecule has 0 spiro atoms. The summed E-state index contributed by atoms with van der Waals surface area (Å²) in [4.78, 5) is 28.7. The average molecular weight is 380 g/mol. The fourth-order valence-corrected chi connectivity index (χ4v) is 2.63. The number of carbonyl (C=O) groups excluding carboxylic acids is 1. The molecular weight excluding hydrogens is 364 g/mol. The van der Waals surface area contributed by atoms with Crippen molar-refractivity contribution in [3.05, 3.63) is 65.0 Å². The van der Waals surface area contributed by atoms with Crippen LogP contribution >= 0.6 is 0 Å². The standard InChI is InChI=1S/C18H16N6O4/c1-23-16(12-5-2-3-7-19-12)21-24(18(23)26)9-8-20-17(25)13-11-15(28-22-13)14-6-4-10-27-14/h2-7,10-11H,8-9H2,1H3,(H,20,25). The summed E-state index contributed by atoms with van der Waals surface area (Å²) in [7, 11) is 1.62. The Balaban J connectivity index is 1.40. The first-order valence-corrected chi connectivity index (χ1v) is 8.47. The Morgan fingerprint density at radius 3 is 2.86 bits per heavy atom. The predicted molar refractivity (Wildman–Crippen MR) is 97.2 cm³/mol. The number of hydrogen-bond acceptors (Lipinski definition) is 7. The Hall–Kier alpha value is -3.95. The van der Waals surface area contributed by atoms with Crippen LogP contribution in [0.4, 0.5) is 0 Å². The van der Waals surface area contributed by atoms with E-state index >= 15 is 0 Å². The van der Waals surface area contributed by atoms with Crippen LogP contribution in [0.3, 0.4) is 0 Å². The Bertz CT molecular complexity index is 1140. The Labute approximate surface area is 158 Å². The minimum atomic E-state index is -0.421. The van der Waals surface area contributed by atoms with Crippen molar-refractivity contribution < 1.29 is 13.7 Å². The van der Waals surface area contributed by atoms with Crippen molar-refractivity contribution >= 4 is 5.91 Å². The van der Waals surface area contributed by atoms with E-state index in [2.05, 4.69) is 20.6 Å². The van der Waals surface area contributed by atoms with E-state index < -0.39 is 5.91 Å². The third-order valence-electron chi connectivity index (χ3n) is 4.05. The topological polar surface area (TPSA) is 121 Å². The quantitative estimate of drug-likeness (QED) is 0.535. The summed E-state index contributed by atoms with van der Waals surface area (Å²) < 4.78 is 13.0. The molecule has 4 aromatic heterocycles. The van der Waals surface area contributed by atoms with Crippen LogP contribution in [0.15, 0.2) is 62.6 Å². The van der Waals surface area contributed by atoms with E-state index in [1.165, 1.54) is 21.6 Å². The SMILES string of the molecule is Cn1c(-c2ccccn2)nn(CCNC(=O)c2cc(-c3ccco3)on2)c1=O. The first-order chi connectivity index (χ1) is 13.6. The van der Waals surface area contributed by atoms with E-state index in [4.69, 9.17) is 8.94 Å². The lowest BCUT2D eigenvalue weighted by Gasteiger charge is -2.01. The van der Waals surface area contributed by atoms with Crippen LogP contribution in [0.1, 0.15) is 10.5 Å². The number of aromatic nitrogens is 5. The molecule has 142 valence electrons. The molecule has 28 heavy (non-hydrogen) atoms. The summed E-state index contributed by atoms with van der Waals surface area (Å²) in [5, 5.41) is 10.7. The molecule has 4 aromatic rings. The molecule has 0 unspecified atom stereocenters. The second-order valence-corrected chi connectivity index (χ2v) is 5.91. The Kier molecular flexibility index (Phi) is 4.58. The summed E-state index contributed by atoms with van der Waals surface area (Å²) >= 11 is 0. The van der Waals surface area contributed by atoms with Crippen molar-refractivity contribution in [2.75, 3.05) is 6.54 Å². The maximum absolute atomic E-state index is 12.3. The van der Waals surface area contributed by atoms with Crippen molar-refractivity contribution in [2.24, 2.45) is 7.05 Å². The number of amides is 1. The second kappa shape index (κ2) is 7.35. The maximum atomic E-state index is 12.3. The van der Waals surface area contributed by atoms with Crippen LogP contribution in [0.2, 0.25) is 0 Å². The summed E-state index contributed by atoms with van der Waals surface area (Å²) in [6, 6.07) is 10.3. The molecule has 0 aliphatic rings. The minimum absolute atomic E-state index is 0.119. The molecule has 1 amide bonds. The highest BCUT2D eigenvalue weighted by atomic mass is 16.5. The lowest BCUT2D eigenvalue weighted by molar-refractivity contribution is 0.0943. The summed E-state index contributed by atoms with van der Waals surface area (Å²) in [5.41, 5.74) is 0.420. The third-order valence-corrected chi connectivity index (χ3v) is 4.05. The zero-order valence-corrected chi connectivity index (χ0v) is 14.9. The monoisotopic (exact) mass is 380 g/mol. The number of furan rings is 1. The van der Waals surface area contributed by atoms with Gasteiger partial charge in [0.15, 0.2) is 17.3 Å². The Morgan fingerprint density at radius 2 is 2.11 bits per heavy atom. The molecule has 0 saturated heterocycles. The van der Waals surface area contributed by atoms with Gasteiger partial charge in [-0.05, 0) is 24.3 Å². The Morgan fingerprint density at radius 1 is 1.21 bits per heavy atom. The van der Waals surface area contributed by atoms with Crippen LogP contribution < -0.4 is 11.0 Å². The largest absolute Gasteiger partial charge is 0.461 e. The zero-order valence-electron chi connectivity index (χ0n) is 14.9. The average Bonchev–Trinajstić information content (AvgIpc) is 3.45. The number of nitrogens with one attached hydrogen (secondary N) is 1. The molecule has 4 rings (SSSR count). The summed E-state index contributed by atoms with van der Waals surface area (Å²) in [5.74, 6) is 0.872. The van der Waals surface area contributed by atoms with Crippen LogP contribution in [0.25, 0.3) is 23.0 Å². The van der Waals surface area contributed by atoms with E-state index in [0.29, 0.717) is 23.0 Å². The number of nitrogens with zero attached hydrogens (tertiary/aromatic N) is 5. The molecule has 0 aliphatic heterocycles. The molecule has 0 atom stereocenters. The molecular formula is C18H16N6O4. The van der Waals surface area contributed by atoms with Crippen molar-refractivity contribution in [3.63, 3.8) is 0 Å². The van der Waals surface area contributed by atoms with Gasteiger partial charge in [0.25, 0.3) is 5.91 Å². The lowest BCUT2D eigenvalue weighted by atomic mass is 10.3. The highest BCUT2D eigenvalue weighted by molar-refractivity contribution is 5.92. The summed E-state index contributed by atoms with van der Waals surface area (Å²) in [6.45, 7) is 0.397. The molecule has 0 bridgehead atoms. The fraction of sp³-hybridized carbons (Fsp3) is 0.167. The number of rotatable bonds is 6. The maximum Gasteiger partial charge on any atom is 0.346 e. The predicted octanol–water partition coefficient (Wildman–Crippen LogP) is 1.32. The van der Waals surface area contributed by atoms with Gasteiger partial charge in [-0.15, -0.1) is 5.10 Å². The van der Waals surface area contributed by atoms with Gasteiger partial charge in [-0.1, -0.05) is 11.2 Å². The molecule has 0 saturated carbocycles. The number of carbonyl (C=O) groups is 1. The van der Waals surface area contributed by atoms with E-state index in [9.17, 15) is 9.59 Å². The molecule has 10 nitrogen and oxygen atoms in total. The van der Waals surface area contributed by atoms with Crippen molar-refractivity contribution in [3.8, 4) is 23.0 Å². The van der Waals surface area contributed by atoms with Crippen molar-refractivity contribution in [1.82, 2.24) is 29.8 Å². The molecule has 1 N–H and O–H groups in total. The van der Waals surface area contributed by atoms with Crippen LogP contribution in [-0.4, -0.2) is 36.9 Å². The molecule has 0 aromatic carbocycles. The number of pyridine rings is 1. The molecule has 10 heteroatoms. The normalized spacial score (nSPS) is 10.9. The van der Waals surface area contributed by atoms with Gasteiger partial charge < -0.3 is 14.3 Å². The van der Waals surface area contributed by atoms with E-state index in [1.54, 1.807) is 37.5 Å². The fourth-order valence-electron chi connectivity index (χ4n) is 2.63. The zero-order chi connectivity index (χ0) is 19.5. The smallest absolute Gasteiger partial charge is 0.346 e. The van der Waals surface area contributed by atoms with Crippen LogP contribution in [0.5, 0.6) is 0 Å². The van der Waals surface area contributed by atoms with Gasteiger partial charge in [-0.3, -0.25) is 14.3 Å². The van der Waals surface area contributed by atoms with Gasteiger partial charge in [-0.25, -0.2) is 9.48 Å². The first-order valence-electron chi connectivity index (χ1n) is 8.47. The second-order valence-electron chi connectivity index (χ2n) is 5.91. The van der Waals surface area contributed by atoms with E-state index in [1.807, 2.05) is 6.07 Å². The summed E-state index contributed by atoms with van der Waals surface area (Å²) in [6.07, 6.45) is 3.13. The van der Waals surface area contributed by atoms with Gasteiger partial charge in [0.2, 0.25) is 5.76 Å². The first kappa shape index (κ1) is 17.5. The van der Waals surface area contributed by atoms with Crippen molar-refractivity contribution in [1.29, 1.82) is 0 Å². The molecule has 0 radical (unpaired) electrons. The van der Waals surface area contributed by atoms with Crippen molar-refractivity contribution in [2.45, 2.75) is 6.54 Å². The third kappa shape index (κ3) is 3.34. The van der Waals surface area contributed by atoms with E-state index in [-0.39, 0.29) is 24.5 Å². The minimum Gasteiger partial charge on any atom is -0.461 e. The van der Waals surface area contributed by atoms with Gasteiger partial charge in [0, 0.05) is 25.9 Å². The van der Waals surface area contributed by atoms with Gasteiger partial charge >= 0.3 is 5.69 Å². The van der Waals surface area contributed by atoms with Gasteiger partial charge in [0.05, 0.1) is 12.8 Å². The molecule has 0 fully saturated rings. The van der Waals surface area contributed by atoms with E-state index in [0.717, 1.165) is 0 Å². The lowest BCUT2D eigenvalue weighted by Crippen LogP contribution is -2.31. The van der Waals surface area contributed by atoms with Gasteiger partial charge in [0.1, 0.15) is 5.69 Å². The number of hydrogen-bond donors (Lipinski definition) is 1. The molecule has 4 heterocycles. The molecule has 0 aliphatic carbocycles. The highest BCUT2D eigenvalue weighted by Crippen LogP contribution is 2.20. The van der Waals surface area contributed by atoms with Crippen LogP contribution in [-0.2, 0) is 13.6 Å². The van der Waals surface area contributed by atoms with Crippen LogP contribution in [0, 0.1) is 0 Å².